The first-order valence-corrected chi connectivity index (χ1v) is 8.43. The SMILES string of the molecule is CCCNc1nc(NC2(C)CCCOC2)c2ccsc2n1. The standard InChI is InChI=1S/C15H22N4OS/c1-3-7-16-14-17-12(11-5-9-21-13(11)18-14)19-15(2)6-4-8-20-10-15/h5,9H,3-4,6-8,10H2,1-2H3,(H2,16,17,18,19). The normalized spacial score (nSPS) is 22.4. The quantitative estimate of drug-likeness (QED) is 0.885. The van der Waals surface area contributed by atoms with Gasteiger partial charge in [-0.1, -0.05) is 6.92 Å². The molecule has 1 fully saturated rings. The second-order valence-electron chi connectivity index (χ2n) is 5.80. The average Bonchev–Trinajstić information content (AvgIpc) is 2.94. The van der Waals surface area contributed by atoms with Crippen molar-refractivity contribution in [3.8, 4) is 0 Å². The maximum Gasteiger partial charge on any atom is 0.226 e. The molecule has 0 spiro atoms. The van der Waals surface area contributed by atoms with Gasteiger partial charge in [0.2, 0.25) is 5.95 Å². The summed E-state index contributed by atoms with van der Waals surface area (Å²) in [4.78, 5) is 10.3. The van der Waals surface area contributed by atoms with E-state index in [1.54, 1.807) is 11.3 Å². The number of nitrogens with one attached hydrogen (secondary N) is 2. The Kier molecular flexibility index (Phi) is 4.26. The van der Waals surface area contributed by atoms with Crippen LogP contribution in [0.3, 0.4) is 0 Å². The Hall–Kier alpha value is -1.40. The molecule has 0 amide bonds. The van der Waals surface area contributed by atoms with Crippen molar-refractivity contribution < 1.29 is 4.74 Å². The van der Waals surface area contributed by atoms with Crippen LogP contribution in [0.1, 0.15) is 33.1 Å². The van der Waals surface area contributed by atoms with Crippen LogP contribution in [0.4, 0.5) is 11.8 Å². The molecule has 6 heteroatoms. The zero-order valence-corrected chi connectivity index (χ0v) is 13.4. The predicted molar refractivity (Wildman–Crippen MR) is 88.3 cm³/mol. The zero-order chi connectivity index (χ0) is 14.7. The topological polar surface area (TPSA) is 59.1 Å². The maximum atomic E-state index is 5.63. The molecule has 0 saturated carbocycles. The average molecular weight is 306 g/mol. The van der Waals surface area contributed by atoms with Gasteiger partial charge in [-0.05, 0) is 37.6 Å². The van der Waals surface area contributed by atoms with Gasteiger partial charge >= 0.3 is 0 Å². The van der Waals surface area contributed by atoms with Crippen LogP contribution in [-0.4, -0.2) is 35.3 Å². The summed E-state index contributed by atoms with van der Waals surface area (Å²) in [7, 11) is 0. The van der Waals surface area contributed by atoms with Crippen LogP contribution in [0.25, 0.3) is 10.2 Å². The Morgan fingerprint density at radius 2 is 2.33 bits per heavy atom. The number of nitrogens with zero attached hydrogens (tertiary/aromatic N) is 2. The minimum atomic E-state index is -0.0521. The molecule has 1 atom stereocenters. The Bertz CT molecular complexity index is 607. The van der Waals surface area contributed by atoms with Crippen molar-refractivity contribution >= 4 is 33.3 Å². The van der Waals surface area contributed by atoms with Gasteiger partial charge < -0.3 is 15.4 Å². The monoisotopic (exact) mass is 306 g/mol. The van der Waals surface area contributed by atoms with Gasteiger partial charge in [-0.15, -0.1) is 11.3 Å². The van der Waals surface area contributed by atoms with Crippen molar-refractivity contribution in [2.75, 3.05) is 30.4 Å². The van der Waals surface area contributed by atoms with Crippen LogP contribution in [0, 0.1) is 0 Å². The highest BCUT2D eigenvalue weighted by atomic mass is 32.1. The lowest BCUT2D eigenvalue weighted by Crippen LogP contribution is -2.43. The third kappa shape index (κ3) is 3.27. The number of rotatable bonds is 5. The van der Waals surface area contributed by atoms with Gasteiger partial charge in [0.15, 0.2) is 0 Å². The molecule has 0 aliphatic carbocycles. The third-order valence-electron chi connectivity index (χ3n) is 3.72. The van der Waals surface area contributed by atoms with E-state index in [1.807, 2.05) is 0 Å². The third-order valence-corrected chi connectivity index (χ3v) is 4.52. The number of thiophene rings is 1. The fourth-order valence-corrected chi connectivity index (χ4v) is 3.35. The molecule has 2 aromatic heterocycles. The fourth-order valence-electron chi connectivity index (χ4n) is 2.58. The summed E-state index contributed by atoms with van der Waals surface area (Å²) in [6, 6.07) is 2.08. The van der Waals surface area contributed by atoms with Crippen LogP contribution in [0.2, 0.25) is 0 Å². The molecular formula is C15H22N4OS. The van der Waals surface area contributed by atoms with E-state index in [0.717, 1.165) is 55.1 Å². The number of ether oxygens (including phenoxy) is 1. The van der Waals surface area contributed by atoms with Gasteiger partial charge in [-0.3, -0.25) is 0 Å². The van der Waals surface area contributed by atoms with Gasteiger partial charge in [0.25, 0.3) is 0 Å². The summed E-state index contributed by atoms with van der Waals surface area (Å²) in [6.07, 6.45) is 3.24. The molecule has 2 aromatic rings. The highest BCUT2D eigenvalue weighted by molar-refractivity contribution is 7.16. The first-order valence-electron chi connectivity index (χ1n) is 7.55. The van der Waals surface area contributed by atoms with Gasteiger partial charge in [-0.25, -0.2) is 4.98 Å². The molecular weight excluding hydrogens is 284 g/mol. The second-order valence-corrected chi connectivity index (χ2v) is 6.70. The van der Waals surface area contributed by atoms with Crippen LogP contribution < -0.4 is 10.6 Å². The van der Waals surface area contributed by atoms with Crippen molar-refractivity contribution in [2.24, 2.45) is 0 Å². The van der Waals surface area contributed by atoms with Crippen molar-refractivity contribution in [1.29, 1.82) is 0 Å². The Morgan fingerprint density at radius 1 is 1.43 bits per heavy atom. The largest absolute Gasteiger partial charge is 0.379 e. The summed E-state index contributed by atoms with van der Waals surface area (Å²) in [5.41, 5.74) is -0.0521. The minimum absolute atomic E-state index is 0.0521. The van der Waals surface area contributed by atoms with E-state index in [0.29, 0.717) is 5.95 Å². The van der Waals surface area contributed by atoms with Crippen molar-refractivity contribution in [2.45, 2.75) is 38.6 Å². The number of fused-ring (bicyclic) bond motifs is 1. The molecule has 3 rings (SSSR count). The summed E-state index contributed by atoms with van der Waals surface area (Å²) >= 11 is 1.65. The molecule has 2 N–H and O–H groups in total. The van der Waals surface area contributed by atoms with E-state index in [9.17, 15) is 0 Å². The summed E-state index contributed by atoms with van der Waals surface area (Å²) in [5.74, 6) is 1.61. The molecule has 1 aliphatic heterocycles. The Morgan fingerprint density at radius 3 is 3.10 bits per heavy atom. The van der Waals surface area contributed by atoms with Crippen molar-refractivity contribution in [3.05, 3.63) is 11.4 Å². The molecule has 21 heavy (non-hydrogen) atoms. The van der Waals surface area contributed by atoms with Crippen LogP contribution >= 0.6 is 11.3 Å². The van der Waals surface area contributed by atoms with Gasteiger partial charge in [0.05, 0.1) is 17.5 Å². The molecule has 3 heterocycles. The molecule has 0 radical (unpaired) electrons. The smallest absolute Gasteiger partial charge is 0.226 e. The summed E-state index contributed by atoms with van der Waals surface area (Å²) in [6.45, 7) is 6.80. The molecule has 0 bridgehead atoms. The minimum Gasteiger partial charge on any atom is -0.379 e. The summed E-state index contributed by atoms with van der Waals surface area (Å²) < 4.78 is 5.63. The first kappa shape index (κ1) is 14.5. The van der Waals surface area contributed by atoms with Crippen LogP contribution in [0.5, 0.6) is 0 Å². The van der Waals surface area contributed by atoms with Gasteiger partial charge in [0.1, 0.15) is 10.6 Å². The van der Waals surface area contributed by atoms with E-state index >= 15 is 0 Å². The lowest BCUT2D eigenvalue weighted by molar-refractivity contribution is 0.0539. The number of aromatic nitrogens is 2. The van der Waals surface area contributed by atoms with Crippen molar-refractivity contribution in [3.63, 3.8) is 0 Å². The lowest BCUT2D eigenvalue weighted by Gasteiger charge is -2.35. The van der Waals surface area contributed by atoms with E-state index < -0.39 is 0 Å². The fraction of sp³-hybridized carbons (Fsp3) is 0.600. The predicted octanol–water partition coefficient (Wildman–Crippen LogP) is 3.49. The Labute approximate surface area is 129 Å². The van der Waals surface area contributed by atoms with Gasteiger partial charge in [-0.2, -0.15) is 4.98 Å². The first-order chi connectivity index (χ1) is 10.2. The van der Waals surface area contributed by atoms with E-state index in [-0.39, 0.29) is 5.54 Å². The molecule has 1 aliphatic rings. The van der Waals surface area contributed by atoms with Crippen molar-refractivity contribution in [1.82, 2.24) is 9.97 Å². The zero-order valence-electron chi connectivity index (χ0n) is 12.6. The highest BCUT2D eigenvalue weighted by Gasteiger charge is 2.28. The number of hydrogen-bond donors (Lipinski definition) is 2. The Balaban J connectivity index is 1.90. The second kappa shape index (κ2) is 6.15. The van der Waals surface area contributed by atoms with Crippen LogP contribution in [-0.2, 0) is 4.74 Å². The molecule has 114 valence electrons. The number of anilines is 2. The molecule has 1 saturated heterocycles. The number of hydrogen-bond acceptors (Lipinski definition) is 6. The van der Waals surface area contributed by atoms with Gasteiger partial charge in [0, 0.05) is 13.2 Å². The van der Waals surface area contributed by atoms with E-state index in [4.69, 9.17) is 4.74 Å². The maximum absolute atomic E-state index is 5.63. The summed E-state index contributed by atoms with van der Waals surface area (Å²) in [5, 5.41) is 10.0. The highest BCUT2D eigenvalue weighted by Crippen LogP contribution is 2.30. The molecule has 5 nitrogen and oxygen atoms in total. The van der Waals surface area contributed by atoms with E-state index in [1.165, 1.54) is 0 Å². The lowest BCUT2D eigenvalue weighted by atomic mass is 9.95. The molecule has 0 aromatic carbocycles. The van der Waals surface area contributed by atoms with E-state index in [2.05, 4.69) is 45.9 Å². The van der Waals surface area contributed by atoms with Crippen LogP contribution in [0.15, 0.2) is 11.4 Å². The molecule has 1 unspecified atom stereocenters.